The van der Waals surface area contributed by atoms with Crippen molar-refractivity contribution in [2.24, 2.45) is 4.99 Å². The molecule has 1 aliphatic rings. The molecule has 1 N–H and O–H groups in total. The van der Waals surface area contributed by atoms with E-state index >= 15 is 0 Å². The van der Waals surface area contributed by atoms with Crippen molar-refractivity contribution in [2.45, 2.75) is 24.9 Å². The smallest absolute Gasteiger partial charge is 0.254 e. The Morgan fingerprint density at radius 1 is 1.13 bits per heavy atom. The number of rotatable bonds is 2. The van der Waals surface area contributed by atoms with Crippen LogP contribution >= 0.6 is 0 Å². The van der Waals surface area contributed by atoms with Gasteiger partial charge in [0, 0.05) is 6.54 Å². The summed E-state index contributed by atoms with van der Waals surface area (Å²) in [6.45, 7) is 0.0374. The summed E-state index contributed by atoms with van der Waals surface area (Å²) in [7, 11) is 0. The van der Waals surface area contributed by atoms with E-state index in [1.54, 1.807) is 0 Å². The van der Waals surface area contributed by atoms with Crippen molar-refractivity contribution in [1.29, 1.82) is 0 Å². The normalized spacial score (nSPS) is 21.4. The lowest BCUT2D eigenvalue weighted by atomic mass is 10.0. The van der Waals surface area contributed by atoms with Gasteiger partial charge in [0.15, 0.2) is 5.84 Å². The van der Waals surface area contributed by atoms with Crippen molar-refractivity contribution in [3.63, 3.8) is 0 Å². The highest BCUT2D eigenvalue weighted by molar-refractivity contribution is 5.90. The maximum absolute atomic E-state index is 12.5. The topological polar surface area (TPSA) is 30.9 Å². The minimum absolute atomic E-state index is 0.0374. The van der Waals surface area contributed by atoms with Crippen molar-refractivity contribution in [2.75, 3.05) is 6.54 Å². The maximum atomic E-state index is 12.5. The average Bonchev–Trinajstić information content (AvgIpc) is 2.39. The molecule has 4 nitrogen and oxygen atoms in total. The third-order valence-corrected chi connectivity index (χ3v) is 2.23. The Hall–Kier alpha value is -0.960. The summed E-state index contributed by atoms with van der Waals surface area (Å²) >= 11 is 0. The summed E-state index contributed by atoms with van der Waals surface area (Å²) in [6.07, 6.45) is -0.152. The zero-order valence-electron chi connectivity index (χ0n) is 7.56. The maximum Gasteiger partial charge on any atom is 0.254 e. The highest BCUT2D eigenvalue weighted by Crippen LogP contribution is 2.32. The first-order valence-corrected chi connectivity index (χ1v) is 4.21. The van der Waals surface area contributed by atoms with E-state index < -0.39 is 28.6 Å². The van der Waals surface area contributed by atoms with Gasteiger partial charge in [-0.05, 0) is 19.3 Å². The molecule has 9 heteroatoms. The first kappa shape index (κ1) is 12.1. The third kappa shape index (κ3) is 2.02. The molecule has 0 aliphatic carbocycles. The largest absolute Gasteiger partial charge is 0.267 e. The molecule has 0 bridgehead atoms. The van der Waals surface area contributed by atoms with E-state index in [1.165, 1.54) is 0 Å². The molecular weight excluding hydrogens is 223 g/mol. The minimum atomic E-state index is -3.11. The van der Waals surface area contributed by atoms with Gasteiger partial charge in [-0.25, -0.2) is 5.54 Å². The second-order valence-electron chi connectivity index (χ2n) is 3.06. The Kier molecular flexibility index (Phi) is 3.80. The highest BCUT2D eigenvalue weighted by Gasteiger charge is 2.53. The molecule has 0 aromatic carbocycles. The van der Waals surface area contributed by atoms with Crippen LogP contribution in [0.3, 0.4) is 0 Å². The molecule has 0 unspecified atom stereocenters. The van der Waals surface area contributed by atoms with Crippen molar-refractivity contribution >= 4 is 5.84 Å². The molecule has 0 aromatic rings. The second-order valence-corrected chi connectivity index (χ2v) is 3.06. The number of nitrogens with one attached hydrogen (secondary N) is 1. The average molecular weight is 232 g/mol. The van der Waals surface area contributed by atoms with Crippen LogP contribution < -0.4 is 5.54 Å². The van der Waals surface area contributed by atoms with Gasteiger partial charge >= 0.3 is 0 Å². The number of nitrogens with zero attached hydrogens (tertiary/aromatic N) is 3. The van der Waals surface area contributed by atoms with Crippen LogP contribution in [-0.4, -0.2) is 28.7 Å². The van der Waals surface area contributed by atoms with Crippen molar-refractivity contribution in [1.82, 2.24) is 16.2 Å². The van der Waals surface area contributed by atoms with Crippen LogP contribution in [0.4, 0.5) is 22.4 Å². The summed E-state index contributed by atoms with van der Waals surface area (Å²) in [6, 6.07) is 0. The molecule has 0 amide bonds. The molecule has 0 saturated carbocycles. The van der Waals surface area contributed by atoms with Gasteiger partial charge < -0.3 is 0 Å². The molecule has 1 heterocycles. The van der Waals surface area contributed by atoms with E-state index in [0.29, 0.717) is 6.42 Å². The second kappa shape index (κ2) is 4.71. The van der Waals surface area contributed by atoms with Crippen LogP contribution in [0, 0.1) is 0 Å². The lowest BCUT2D eigenvalue weighted by molar-refractivity contribution is -0.347. The summed E-state index contributed by atoms with van der Waals surface area (Å²) in [5, 5.41) is -3.46. The minimum Gasteiger partial charge on any atom is -0.267 e. The molecule has 0 saturated heterocycles. The monoisotopic (exact) mass is 232 g/mol. The fourth-order valence-corrected chi connectivity index (χ4v) is 1.41. The molecular formula is C6H9F5N4. The Labute approximate surface area is 82.0 Å². The van der Waals surface area contributed by atoms with E-state index in [1.807, 2.05) is 0 Å². The quantitative estimate of drug-likeness (QED) is 0.448. The highest BCUT2D eigenvalue weighted by atomic mass is 19.4. The van der Waals surface area contributed by atoms with Crippen molar-refractivity contribution in [3.8, 4) is 0 Å². The van der Waals surface area contributed by atoms with Gasteiger partial charge in [-0.2, -0.15) is 0 Å². The Balaban J connectivity index is 3.10. The van der Waals surface area contributed by atoms with Crippen LogP contribution in [0.5, 0.6) is 0 Å². The predicted octanol–water partition coefficient (Wildman–Crippen LogP) is 1.88. The summed E-state index contributed by atoms with van der Waals surface area (Å²) in [5.74, 6) is -1.07. The summed E-state index contributed by atoms with van der Waals surface area (Å²) in [4.78, 5) is 3.32. The van der Waals surface area contributed by atoms with Gasteiger partial charge in [-0.15, -0.1) is 4.48 Å². The number of halogens is 5. The van der Waals surface area contributed by atoms with Crippen LogP contribution in [0.2, 0.25) is 0 Å². The molecule has 1 rings (SSSR count). The van der Waals surface area contributed by atoms with E-state index in [0.717, 1.165) is 5.54 Å². The van der Waals surface area contributed by atoms with Crippen LogP contribution in [0.25, 0.3) is 0 Å². The Bertz CT molecular complexity index is 236. The Morgan fingerprint density at radius 2 is 1.73 bits per heavy atom. The van der Waals surface area contributed by atoms with Gasteiger partial charge in [0.1, 0.15) is 0 Å². The van der Waals surface area contributed by atoms with E-state index in [2.05, 4.69) is 4.99 Å². The molecule has 0 fully saturated rings. The molecule has 0 spiro atoms. The van der Waals surface area contributed by atoms with Gasteiger partial charge in [-0.1, -0.05) is 17.9 Å². The number of aliphatic imine (C=N–C) groups is 1. The van der Waals surface area contributed by atoms with Gasteiger partial charge in [0.25, 0.3) is 5.66 Å². The molecule has 0 radical (unpaired) electrons. The lowest BCUT2D eigenvalue weighted by Gasteiger charge is -2.31. The molecule has 1 aliphatic heterocycles. The van der Waals surface area contributed by atoms with Gasteiger partial charge in [-0.3, -0.25) is 4.99 Å². The lowest BCUT2D eigenvalue weighted by Crippen LogP contribution is -2.58. The fourth-order valence-electron chi connectivity index (χ4n) is 1.41. The molecule has 0 atom stereocenters. The van der Waals surface area contributed by atoms with Crippen molar-refractivity contribution in [3.05, 3.63) is 0 Å². The molecule has 0 aromatic heterocycles. The van der Waals surface area contributed by atoms with Gasteiger partial charge in [0.2, 0.25) is 0 Å². The van der Waals surface area contributed by atoms with E-state index in [4.69, 9.17) is 0 Å². The third-order valence-electron chi connectivity index (χ3n) is 2.23. The first-order chi connectivity index (χ1) is 7.05. The van der Waals surface area contributed by atoms with E-state index in [9.17, 15) is 22.4 Å². The fraction of sp³-hybridized carbons (Fsp3) is 0.833. The first-order valence-electron chi connectivity index (χ1n) is 4.21. The van der Waals surface area contributed by atoms with Gasteiger partial charge in [0.05, 0.1) is 10.7 Å². The SMILES string of the molecule is FNC1=NCCCCC1(N(F)F)N(F)F. The van der Waals surface area contributed by atoms with Crippen LogP contribution in [-0.2, 0) is 0 Å². The number of amidine groups is 1. The summed E-state index contributed by atoms with van der Waals surface area (Å²) < 4.78 is 62.0. The summed E-state index contributed by atoms with van der Waals surface area (Å²) in [5.41, 5.74) is -2.30. The zero-order chi connectivity index (χ0) is 11.5. The number of hydrogen-bond donors (Lipinski definition) is 1. The Morgan fingerprint density at radius 3 is 2.20 bits per heavy atom. The van der Waals surface area contributed by atoms with Crippen LogP contribution in [0.15, 0.2) is 4.99 Å². The predicted molar refractivity (Wildman–Crippen MR) is 41.2 cm³/mol. The molecule has 15 heavy (non-hydrogen) atoms. The standard InChI is InChI=1S/C6H9F5N4/c7-13-5-6(14(8)9,15(10)11)3-1-2-4-12-5/h1-4H2,(H,12,13). The molecule has 88 valence electrons. The number of hydrogen-bond acceptors (Lipinski definition) is 4. The van der Waals surface area contributed by atoms with Crippen LogP contribution in [0.1, 0.15) is 19.3 Å². The van der Waals surface area contributed by atoms with E-state index in [-0.39, 0.29) is 13.0 Å². The van der Waals surface area contributed by atoms with Crippen molar-refractivity contribution < 1.29 is 22.4 Å². The zero-order valence-corrected chi connectivity index (χ0v) is 7.56.